The van der Waals surface area contributed by atoms with Gasteiger partial charge in [0.15, 0.2) is 0 Å². The van der Waals surface area contributed by atoms with Crippen LogP contribution in [0.5, 0.6) is 5.75 Å². The standard InChI is InChI=1S/C13H13N3O3S/c14-12(17)9-3-1-2-4-10(9)19-7-8-5-6-11(20-8)13(18)16-15/h1-6H,7,15H2,(H2,14,17)(H,16,18). The van der Waals surface area contributed by atoms with Crippen molar-refractivity contribution in [3.05, 3.63) is 51.7 Å². The predicted octanol–water partition coefficient (Wildman–Crippen LogP) is 1.03. The van der Waals surface area contributed by atoms with Crippen molar-refractivity contribution in [2.45, 2.75) is 6.61 Å². The van der Waals surface area contributed by atoms with E-state index in [1.54, 1.807) is 36.4 Å². The summed E-state index contributed by atoms with van der Waals surface area (Å²) in [6.07, 6.45) is 0. The topological polar surface area (TPSA) is 107 Å². The van der Waals surface area contributed by atoms with E-state index >= 15 is 0 Å². The molecule has 0 fully saturated rings. The predicted molar refractivity (Wildman–Crippen MR) is 75.3 cm³/mol. The molecular formula is C13H13N3O3S. The van der Waals surface area contributed by atoms with Crippen molar-refractivity contribution >= 4 is 23.2 Å². The van der Waals surface area contributed by atoms with Crippen LogP contribution in [0.3, 0.4) is 0 Å². The van der Waals surface area contributed by atoms with Crippen molar-refractivity contribution < 1.29 is 14.3 Å². The maximum absolute atomic E-state index is 11.3. The number of hydrogen-bond donors (Lipinski definition) is 3. The molecule has 104 valence electrons. The first-order valence-electron chi connectivity index (χ1n) is 5.73. The number of rotatable bonds is 5. The van der Waals surface area contributed by atoms with Crippen LogP contribution >= 0.6 is 11.3 Å². The Kier molecular flexibility index (Phi) is 4.34. The zero-order chi connectivity index (χ0) is 14.5. The molecule has 0 radical (unpaired) electrons. The Hall–Kier alpha value is -2.38. The zero-order valence-electron chi connectivity index (χ0n) is 10.5. The Bertz CT molecular complexity index is 639. The van der Waals surface area contributed by atoms with Crippen molar-refractivity contribution in [3.63, 3.8) is 0 Å². The van der Waals surface area contributed by atoms with Gasteiger partial charge in [-0.05, 0) is 24.3 Å². The first-order valence-corrected chi connectivity index (χ1v) is 6.54. The lowest BCUT2D eigenvalue weighted by Crippen LogP contribution is -2.29. The molecular weight excluding hydrogens is 278 g/mol. The highest BCUT2D eigenvalue weighted by Gasteiger charge is 2.10. The number of nitrogens with two attached hydrogens (primary N) is 2. The van der Waals surface area contributed by atoms with Gasteiger partial charge in [0, 0.05) is 4.88 Å². The quantitative estimate of drug-likeness (QED) is 0.434. The van der Waals surface area contributed by atoms with E-state index in [-0.39, 0.29) is 12.5 Å². The molecule has 1 aromatic heterocycles. The summed E-state index contributed by atoms with van der Waals surface area (Å²) < 4.78 is 5.56. The molecule has 0 aliphatic heterocycles. The molecule has 5 N–H and O–H groups in total. The van der Waals surface area contributed by atoms with E-state index in [9.17, 15) is 9.59 Å². The number of carbonyl (C=O) groups is 2. The molecule has 0 saturated heterocycles. The third kappa shape index (κ3) is 3.14. The average molecular weight is 291 g/mol. The summed E-state index contributed by atoms with van der Waals surface area (Å²) >= 11 is 1.27. The van der Waals surface area contributed by atoms with Crippen LogP contribution in [0.4, 0.5) is 0 Å². The summed E-state index contributed by atoms with van der Waals surface area (Å²) in [4.78, 5) is 23.9. The smallest absolute Gasteiger partial charge is 0.275 e. The van der Waals surface area contributed by atoms with Crippen molar-refractivity contribution in [1.82, 2.24) is 5.43 Å². The Labute approximate surface area is 119 Å². The molecule has 0 aliphatic rings. The molecule has 0 unspecified atom stereocenters. The first-order chi connectivity index (χ1) is 9.61. The maximum Gasteiger partial charge on any atom is 0.275 e. The number of nitrogen functional groups attached to an aromatic ring is 1. The highest BCUT2D eigenvalue weighted by Crippen LogP contribution is 2.22. The number of thiophene rings is 1. The van der Waals surface area contributed by atoms with E-state index in [1.165, 1.54) is 11.3 Å². The Morgan fingerprint density at radius 1 is 1.20 bits per heavy atom. The molecule has 20 heavy (non-hydrogen) atoms. The highest BCUT2D eigenvalue weighted by atomic mass is 32.1. The minimum Gasteiger partial charge on any atom is -0.487 e. The van der Waals surface area contributed by atoms with Gasteiger partial charge in [-0.3, -0.25) is 15.0 Å². The fraction of sp³-hybridized carbons (Fsp3) is 0.0769. The largest absolute Gasteiger partial charge is 0.487 e. The van der Waals surface area contributed by atoms with Gasteiger partial charge in [0.2, 0.25) is 0 Å². The maximum atomic E-state index is 11.3. The van der Waals surface area contributed by atoms with Crippen LogP contribution in [-0.2, 0) is 6.61 Å². The van der Waals surface area contributed by atoms with E-state index in [2.05, 4.69) is 5.43 Å². The summed E-state index contributed by atoms with van der Waals surface area (Å²) in [5.41, 5.74) is 7.65. The summed E-state index contributed by atoms with van der Waals surface area (Å²) in [5, 5.41) is 0. The Morgan fingerprint density at radius 2 is 1.95 bits per heavy atom. The lowest BCUT2D eigenvalue weighted by Gasteiger charge is -2.07. The van der Waals surface area contributed by atoms with Gasteiger partial charge in [-0.25, -0.2) is 5.84 Å². The van der Waals surface area contributed by atoms with Gasteiger partial charge < -0.3 is 10.5 Å². The monoisotopic (exact) mass is 291 g/mol. The van der Waals surface area contributed by atoms with Crippen LogP contribution in [0.1, 0.15) is 24.9 Å². The average Bonchev–Trinajstić information content (AvgIpc) is 2.93. The number of nitrogens with one attached hydrogen (secondary N) is 1. The molecule has 2 aromatic rings. The second-order valence-electron chi connectivity index (χ2n) is 3.89. The van der Waals surface area contributed by atoms with Crippen LogP contribution in [0.25, 0.3) is 0 Å². The molecule has 0 spiro atoms. The number of para-hydroxylation sites is 1. The van der Waals surface area contributed by atoms with Crippen LogP contribution in [-0.4, -0.2) is 11.8 Å². The summed E-state index contributed by atoms with van der Waals surface area (Å²) in [6.45, 7) is 0.243. The van der Waals surface area contributed by atoms with Crippen LogP contribution in [0, 0.1) is 0 Å². The number of ether oxygens (including phenoxy) is 1. The van der Waals surface area contributed by atoms with Crippen LogP contribution in [0.2, 0.25) is 0 Å². The molecule has 1 aromatic carbocycles. The zero-order valence-corrected chi connectivity index (χ0v) is 11.3. The first kappa shape index (κ1) is 14.0. The minimum absolute atomic E-state index is 0.243. The van der Waals surface area contributed by atoms with Crippen molar-refractivity contribution in [2.24, 2.45) is 11.6 Å². The number of amides is 2. The second-order valence-corrected chi connectivity index (χ2v) is 5.06. The summed E-state index contributed by atoms with van der Waals surface area (Å²) in [6, 6.07) is 10.2. The second kappa shape index (κ2) is 6.18. The van der Waals surface area contributed by atoms with Crippen LogP contribution in [0.15, 0.2) is 36.4 Å². The van der Waals surface area contributed by atoms with Gasteiger partial charge in [-0.2, -0.15) is 0 Å². The fourth-order valence-corrected chi connectivity index (χ4v) is 2.42. The van der Waals surface area contributed by atoms with Gasteiger partial charge in [0.05, 0.1) is 10.4 Å². The molecule has 2 amide bonds. The molecule has 2 rings (SSSR count). The number of primary amides is 1. The molecule has 7 heteroatoms. The van der Waals surface area contributed by atoms with E-state index in [0.717, 1.165) is 4.88 Å². The van der Waals surface area contributed by atoms with Gasteiger partial charge in [0.25, 0.3) is 11.8 Å². The third-order valence-corrected chi connectivity index (χ3v) is 3.60. The van der Waals surface area contributed by atoms with E-state index in [1.807, 2.05) is 0 Å². The molecule has 0 atom stereocenters. The van der Waals surface area contributed by atoms with Crippen LogP contribution < -0.4 is 21.7 Å². The molecule has 6 nitrogen and oxygen atoms in total. The van der Waals surface area contributed by atoms with E-state index < -0.39 is 5.91 Å². The van der Waals surface area contributed by atoms with Gasteiger partial charge in [-0.15, -0.1) is 11.3 Å². The summed E-state index contributed by atoms with van der Waals surface area (Å²) in [5.74, 6) is 4.58. The fourth-order valence-electron chi connectivity index (χ4n) is 1.59. The molecule has 0 aliphatic carbocycles. The molecule has 0 bridgehead atoms. The van der Waals surface area contributed by atoms with Crippen molar-refractivity contribution in [2.75, 3.05) is 0 Å². The number of benzene rings is 1. The highest BCUT2D eigenvalue weighted by molar-refractivity contribution is 7.14. The normalized spacial score (nSPS) is 10.1. The molecule has 1 heterocycles. The third-order valence-electron chi connectivity index (χ3n) is 2.54. The van der Waals surface area contributed by atoms with E-state index in [4.69, 9.17) is 16.3 Å². The van der Waals surface area contributed by atoms with Gasteiger partial charge in [0.1, 0.15) is 12.4 Å². The number of carbonyl (C=O) groups excluding carboxylic acids is 2. The molecule has 0 saturated carbocycles. The number of hydrogen-bond acceptors (Lipinski definition) is 5. The Morgan fingerprint density at radius 3 is 2.65 bits per heavy atom. The SMILES string of the molecule is NNC(=O)c1ccc(COc2ccccc2C(N)=O)s1. The van der Waals surface area contributed by atoms with Crippen molar-refractivity contribution in [3.8, 4) is 5.75 Å². The Balaban J connectivity index is 2.07. The van der Waals surface area contributed by atoms with E-state index in [0.29, 0.717) is 16.2 Å². The summed E-state index contributed by atoms with van der Waals surface area (Å²) in [7, 11) is 0. The van der Waals surface area contributed by atoms with Gasteiger partial charge >= 0.3 is 0 Å². The van der Waals surface area contributed by atoms with Gasteiger partial charge in [-0.1, -0.05) is 12.1 Å². The minimum atomic E-state index is -0.546. The lowest BCUT2D eigenvalue weighted by atomic mass is 10.2. The van der Waals surface area contributed by atoms with Crippen molar-refractivity contribution in [1.29, 1.82) is 0 Å². The number of hydrazine groups is 1. The lowest BCUT2D eigenvalue weighted by molar-refractivity contribution is 0.0956.